The third-order valence-electron chi connectivity index (χ3n) is 10.1. The van der Waals surface area contributed by atoms with Gasteiger partial charge in [-0.15, -0.1) is 55.4 Å². The maximum atomic E-state index is 6.51. The first-order valence-electron chi connectivity index (χ1n) is 18.6. The molecule has 2 heterocycles. The van der Waals surface area contributed by atoms with Gasteiger partial charge in [-0.3, -0.25) is 0 Å². The number of rotatable bonds is 8. The quantitative estimate of drug-likeness (QED) is 0.142. The molecule has 0 radical (unpaired) electrons. The molecule has 276 valence electrons. The Hall–Kier alpha value is -6.62. The smallest absolute Gasteiger partial charge is 0.509 e. The van der Waals surface area contributed by atoms with Crippen molar-refractivity contribution in [3.8, 4) is 33.8 Å². The van der Waals surface area contributed by atoms with Gasteiger partial charge in [-0.25, -0.2) is 0 Å². The largest absolute Gasteiger partial charge is 4.00 e. The molecule has 0 amide bonds. The molecule has 57 heavy (non-hydrogen) atoms. The number of hydrogen-bond donors (Lipinski definition) is 0. The van der Waals surface area contributed by atoms with Crippen molar-refractivity contribution < 1.29 is 25.8 Å². The van der Waals surface area contributed by atoms with Gasteiger partial charge in [-0.1, -0.05) is 145 Å². The summed E-state index contributed by atoms with van der Waals surface area (Å²) in [5.41, 5.74) is 10.5. The SMILES string of the molecule is CN1[CH-]N(c2[c-]c(Oc3[c-]c(N4[CH-]N(c5c(-c6ccccc6)cccc5-c5ccccc5)c5c4ccc4ccccc54)ccc3)ccc2)C(c2ccccc2)=N1.[Pt+4]. The molecule has 0 unspecified atom stereocenters. The molecule has 2 aliphatic heterocycles. The Kier molecular flexibility index (Phi) is 9.79. The van der Waals surface area contributed by atoms with Crippen LogP contribution in [0.4, 0.5) is 28.4 Å². The summed E-state index contributed by atoms with van der Waals surface area (Å²) >= 11 is 0. The average molecular weight is 917 g/mol. The van der Waals surface area contributed by atoms with E-state index in [1.54, 1.807) is 5.01 Å². The van der Waals surface area contributed by atoms with E-state index in [2.05, 4.69) is 162 Å². The molecular formula is C50H35N5OPt. The molecule has 0 atom stereocenters. The maximum Gasteiger partial charge on any atom is 4.00 e. The molecule has 8 aromatic rings. The van der Waals surface area contributed by atoms with E-state index in [9.17, 15) is 0 Å². The predicted octanol–water partition coefficient (Wildman–Crippen LogP) is 12.2. The van der Waals surface area contributed by atoms with Crippen LogP contribution >= 0.6 is 0 Å². The Balaban J connectivity index is 0.00000422. The van der Waals surface area contributed by atoms with Crippen molar-refractivity contribution in [2.45, 2.75) is 0 Å². The molecule has 0 N–H and O–H groups in total. The number of amidine groups is 1. The van der Waals surface area contributed by atoms with E-state index in [0.717, 1.165) is 67.5 Å². The molecule has 0 aliphatic carbocycles. The molecule has 0 saturated heterocycles. The molecule has 8 aromatic carbocycles. The molecule has 0 aromatic heterocycles. The van der Waals surface area contributed by atoms with Gasteiger partial charge < -0.3 is 24.4 Å². The third kappa shape index (κ3) is 6.83. The van der Waals surface area contributed by atoms with Gasteiger partial charge in [0.1, 0.15) is 5.84 Å². The van der Waals surface area contributed by atoms with Crippen LogP contribution in [0.2, 0.25) is 0 Å². The summed E-state index contributed by atoms with van der Waals surface area (Å²) < 4.78 is 6.51. The van der Waals surface area contributed by atoms with Crippen molar-refractivity contribution in [1.82, 2.24) is 5.01 Å². The molecule has 7 heteroatoms. The van der Waals surface area contributed by atoms with Gasteiger partial charge in [0.05, 0.1) is 0 Å². The predicted molar refractivity (Wildman–Crippen MR) is 228 cm³/mol. The fourth-order valence-corrected chi connectivity index (χ4v) is 7.59. The van der Waals surface area contributed by atoms with Crippen molar-refractivity contribution in [3.05, 3.63) is 213 Å². The van der Waals surface area contributed by atoms with Crippen LogP contribution < -0.4 is 19.4 Å². The number of benzene rings is 8. The average Bonchev–Trinajstić information content (AvgIpc) is 3.86. The molecule has 0 bridgehead atoms. The summed E-state index contributed by atoms with van der Waals surface area (Å²) in [5, 5.41) is 8.87. The Morgan fingerprint density at radius 2 is 1.02 bits per heavy atom. The zero-order valence-electron chi connectivity index (χ0n) is 30.9. The molecule has 0 fully saturated rings. The second-order valence-corrected chi connectivity index (χ2v) is 13.7. The standard InChI is InChI=1S/C50H35N5O.Pt/c1-52-34-54(50(51-52)39-21-9-4-10-22-39)41-24-14-26-43(33-41)56-42-25-13-23-40(32-42)53-35-55(49-46-27-12-11-20-38(46)30-31-47(49)53)48-44(36-16-5-2-6-17-36)28-15-29-45(48)37-18-7-3-8-19-37;/h2-31,34-35H,1H3;/q-4;+4. The number of fused-ring (bicyclic) bond motifs is 3. The summed E-state index contributed by atoms with van der Waals surface area (Å²) in [6, 6.07) is 70.0. The van der Waals surface area contributed by atoms with Crippen LogP contribution in [0.5, 0.6) is 11.5 Å². The van der Waals surface area contributed by atoms with Gasteiger partial charge in [0.2, 0.25) is 0 Å². The van der Waals surface area contributed by atoms with Crippen molar-refractivity contribution in [2.75, 3.05) is 21.7 Å². The second kappa shape index (κ2) is 15.5. The number of para-hydroxylation sites is 1. The summed E-state index contributed by atoms with van der Waals surface area (Å²) in [5.74, 6) is 1.98. The van der Waals surface area contributed by atoms with Gasteiger partial charge in [0, 0.05) is 50.6 Å². The monoisotopic (exact) mass is 916 g/mol. The van der Waals surface area contributed by atoms with Gasteiger partial charge in [-0.05, 0) is 29.6 Å². The number of ether oxygens (including phenoxy) is 1. The van der Waals surface area contributed by atoms with Gasteiger partial charge in [0.15, 0.2) is 0 Å². The minimum absolute atomic E-state index is 0. The number of hydrazone groups is 1. The van der Waals surface area contributed by atoms with Crippen LogP contribution in [-0.2, 0) is 21.1 Å². The van der Waals surface area contributed by atoms with E-state index >= 15 is 0 Å². The van der Waals surface area contributed by atoms with Crippen molar-refractivity contribution in [1.29, 1.82) is 0 Å². The summed E-state index contributed by atoms with van der Waals surface area (Å²) in [6.07, 6.45) is 0. The fraction of sp³-hybridized carbons (Fsp3) is 0.0200. The van der Waals surface area contributed by atoms with Crippen molar-refractivity contribution >= 4 is 45.0 Å². The molecule has 0 saturated carbocycles. The van der Waals surface area contributed by atoms with E-state index in [0.29, 0.717) is 11.5 Å². The summed E-state index contributed by atoms with van der Waals surface area (Å²) in [4.78, 5) is 6.59. The Bertz CT molecular complexity index is 2670. The summed E-state index contributed by atoms with van der Waals surface area (Å²) in [6.45, 7) is 4.14. The van der Waals surface area contributed by atoms with Crippen LogP contribution in [0.1, 0.15) is 5.56 Å². The van der Waals surface area contributed by atoms with Crippen LogP contribution in [0.15, 0.2) is 187 Å². The van der Waals surface area contributed by atoms with Crippen LogP contribution in [0, 0.1) is 25.5 Å². The Morgan fingerprint density at radius 3 is 1.65 bits per heavy atom. The van der Waals surface area contributed by atoms with Gasteiger partial charge in [0.25, 0.3) is 0 Å². The third-order valence-corrected chi connectivity index (χ3v) is 10.1. The summed E-state index contributed by atoms with van der Waals surface area (Å²) in [7, 11) is 1.92. The molecule has 2 aliphatic rings. The first-order chi connectivity index (χ1) is 27.7. The van der Waals surface area contributed by atoms with Crippen molar-refractivity contribution in [2.24, 2.45) is 5.10 Å². The molecule has 0 spiro atoms. The maximum absolute atomic E-state index is 6.51. The Morgan fingerprint density at radius 1 is 0.474 bits per heavy atom. The van der Waals surface area contributed by atoms with Gasteiger partial charge >= 0.3 is 21.1 Å². The van der Waals surface area contributed by atoms with E-state index < -0.39 is 0 Å². The van der Waals surface area contributed by atoms with Gasteiger partial charge in [-0.2, -0.15) is 17.2 Å². The van der Waals surface area contributed by atoms with E-state index in [4.69, 9.17) is 9.84 Å². The zero-order valence-corrected chi connectivity index (χ0v) is 33.2. The number of hydrogen-bond acceptors (Lipinski definition) is 6. The van der Waals surface area contributed by atoms with Crippen LogP contribution in [-0.4, -0.2) is 17.9 Å². The topological polar surface area (TPSA) is 34.6 Å². The van der Waals surface area contributed by atoms with Crippen molar-refractivity contribution in [3.63, 3.8) is 0 Å². The van der Waals surface area contributed by atoms with E-state index in [1.165, 1.54) is 5.39 Å². The fourth-order valence-electron chi connectivity index (χ4n) is 7.59. The number of anilines is 5. The van der Waals surface area contributed by atoms with E-state index in [-0.39, 0.29) is 21.1 Å². The first kappa shape index (κ1) is 36.0. The Labute approximate surface area is 347 Å². The van der Waals surface area contributed by atoms with E-state index in [1.807, 2.05) is 67.1 Å². The molecule has 10 rings (SSSR count). The normalized spacial score (nSPS) is 13.4. The minimum Gasteiger partial charge on any atom is -0.509 e. The number of nitrogens with zero attached hydrogens (tertiary/aromatic N) is 5. The van der Waals surface area contributed by atoms with Crippen LogP contribution in [0.25, 0.3) is 33.0 Å². The zero-order chi connectivity index (χ0) is 37.4. The second-order valence-electron chi connectivity index (χ2n) is 13.7. The first-order valence-corrected chi connectivity index (χ1v) is 18.6. The van der Waals surface area contributed by atoms with Crippen LogP contribution in [0.3, 0.4) is 0 Å². The minimum atomic E-state index is 0. The molecule has 6 nitrogen and oxygen atoms in total. The molecular weight excluding hydrogens is 882 g/mol.